The van der Waals surface area contributed by atoms with Crippen molar-refractivity contribution < 1.29 is 4.79 Å². The Kier molecular flexibility index (Phi) is 6.42. The van der Waals surface area contributed by atoms with Crippen LogP contribution in [-0.2, 0) is 24.1 Å². The Bertz CT molecular complexity index is 1240. The van der Waals surface area contributed by atoms with Gasteiger partial charge in [-0.2, -0.15) is 0 Å². The normalized spacial score (nSPS) is 15.4. The number of aryl methyl sites for hydroxylation is 2. The van der Waals surface area contributed by atoms with Gasteiger partial charge < -0.3 is 9.80 Å². The highest BCUT2D eigenvalue weighted by atomic mass is 35.5. The third-order valence-corrected chi connectivity index (χ3v) is 7.24. The minimum absolute atomic E-state index is 0.202. The van der Waals surface area contributed by atoms with Crippen LogP contribution in [0.15, 0.2) is 66.4 Å². The summed E-state index contributed by atoms with van der Waals surface area (Å²) in [5.74, 6) is 0.202. The summed E-state index contributed by atoms with van der Waals surface area (Å²) >= 11 is 6.34. The molecular weight excluding hydrogens is 442 g/mol. The molecule has 0 unspecified atom stereocenters. The van der Waals surface area contributed by atoms with Crippen LogP contribution >= 0.6 is 11.6 Å². The first-order valence-corrected chi connectivity index (χ1v) is 12.4. The lowest BCUT2D eigenvalue weighted by Gasteiger charge is -2.30. The zero-order valence-corrected chi connectivity index (χ0v) is 20.6. The van der Waals surface area contributed by atoms with E-state index in [1.807, 2.05) is 37.3 Å². The predicted molar refractivity (Wildman–Crippen MR) is 139 cm³/mol. The van der Waals surface area contributed by atoms with Gasteiger partial charge in [-0.15, -0.1) is 0 Å². The minimum atomic E-state index is 0.202. The third-order valence-electron chi connectivity index (χ3n) is 7.01. The van der Waals surface area contributed by atoms with Crippen LogP contribution in [0.25, 0.3) is 5.57 Å². The fraction of sp³-hybridized carbons (Fsp3) is 0.310. The van der Waals surface area contributed by atoms with E-state index in [9.17, 15) is 4.79 Å². The van der Waals surface area contributed by atoms with Gasteiger partial charge in [0, 0.05) is 49.7 Å². The lowest BCUT2D eigenvalue weighted by molar-refractivity contribution is -0.130. The Hall–Kier alpha value is -3.11. The molecule has 0 bridgehead atoms. The van der Waals surface area contributed by atoms with Gasteiger partial charge in [-0.25, -0.2) is 0 Å². The summed E-state index contributed by atoms with van der Waals surface area (Å²) < 4.78 is 0. The van der Waals surface area contributed by atoms with Crippen LogP contribution in [0.2, 0.25) is 5.02 Å². The Labute approximate surface area is 206 Å². The van der Waals surface area contributed by atoms with Gasteiger partial charge in [0.25, 0.3) is 0 Å². The van der Waals surface area contributed by atoms with Crippen molar-refractivity contribution in [1.29, 1.82) is 0 Å². The first-order chi connectivity index (χ1) is 16.5. The van der Waals surface area contributed by atoms with Crippen molar-refractivity contribution in [2.45, 2.75) is 32.1 Å². The highest BCUT2D eigenvalue weighted by Crippen LogP contribution is 2.38. The number of benzene rings is 2. The zero-order chi connectivity index (χ0) is 23.7. The molecule has 4 nitrogen and oxygen atoms in total. The molecule has 174 valence electrons. The average Bonchev–Trinajstić information content (AvgIpc) is 3.01. The highest BCUT2D eigenvalue weighted by Gasteiger charge is 2.26. The summed E-state index contributed by atoms with van der Waals surface area (Å²) in [5, 5.41) is 0.779. The van der Waals surface area contributed by atoms with Crippen LogP contribution in [0.3, 0.4) is 0 Å². The number of aromatic nitrogens is 1. The van der Waals surface area contributed by atoms with Gasteiger partial charge >= 0.3 is 0 Å². The number of piperidine rings is 1. The molecule has 0 radical (unpaired) electrons. The van der Waals surface area contributed by atoms with Crippen molar-refractivity contribution in [3.05, 3.63) is 99.3 Å². The van der Waals surface area contributed by atoms with Crippen LogP contribution in [0.5, 0.6) is 0 Å². The van der Waals surface area contributed by atoms with Crippen molar-refractivity contribution in [1.82, 2.24) is 9.88 Å². The summed E-state index contributed by atoms with van der Waals surface area (Å²) in [4.78, 5) is 21.9. The summed E-state index contributed by atoms with van der Waals surface area (Å²) in [5.41, 5.74) is 9.77. The molecule has 1 aromatic heterocycles. The minimum Gasteiger partial charge on any atom is -0.378 e. The van der Waals surface area contributed by atoms with Crippen LogP contribution in [-0.4, -0.2) is 43.0 Å². The molecule has 5 rings (SSSR count). The molecule has 5 heteroatoms. The van der Waals surface area contributed by atoms with Gasteiger partial charge in [-0.3, -0.25) is 9.78 Å². The summed E-state index contributed by atoms with van der Waals surface area (Å²) in [7, 11) is 4.05. The van der Waals surface area contributed by atoms with E-state index < -0.39 is 0 Å². The fourth-order valence-electron chi connectivity index (χ4n) is 5.11. The largest absolute Gasteiger partial charge is 0.378 e. The number of amides is 1. The molecule has 2 aliphatic rings. The average molecular weight is 472 g/mol. The number of likely N-dealkylation sites (tertiary alicyclic amines) is 1. The first-order valence-electron chi connectivity index (χ1n) is 12.0. The molecule has 0 atom stereocenters. The van der Waals surface area contributed by atoms with Gasteiger partial charge in [0.2, 0.25) is 5.91 Å². The Morgan fingerprint density at radius 1 is 0.971 bits per heavy atom. The Morgan fingerprint density at radius 2 is 1.71 bits per heavy atom. The van der Waals surface area contributed by atoms with Gasteiger partial charge in [-0.05, 0) is 78.3 Å². The summed E-state index contributed by atoms with van der Waals surface area (Å²) in [6.07, 6.45) is 6.01. The lowest BCUT2D eigenvalue weighted by atomic mass is 9.88. The standard InChI is InChI=1S/C29H30ClN3O/c1-32(2)25-10-5-20(6-11-25)18-27(34)33-16-13-21(14-17-33)28-26-12-9-24(30)19-23(26)8-7-22-4-3-15-31-29(22)28/h3-6,9-12,15,19H,7-8,13-14,16-18H2,1-2H3. The van der Waals surface area contributed by atoms with Gasteiger partial charge in [0.05, 0.1) is 12.1 Å². The molecule has 3 aromatic rings. The maximum absolute atomic E-state index is 13.0. The Balaban J connectivity index is 1.38. The van der Waals surface area contributed by atoms with Crippen molar-refractivity contribution >= 4 is 28.8 Å². The number of hydrogen-bond acceptors (Lipinski definition) is 3. The molecule has 0 spiro atoms. The molecule has 1 aliphatic heterocycles. The third kappa shape index (κ3) is 4.60. The monoisotopic (exact) mass is 471 g/mol. The van der Waals surface area contributed by atoms with E-state index in [0.717, 1.165) is 60.7 Å². The highest BCUT2D eigenvalue weighted by molar-refractivity contribution is 6.30. The van der Waals surface area contributed by atoms with Crippen molar-refractivity contribution in [3.63, 3.8) is 0 Å². The number of nitrogens with zero attached hydrogens (tertiary/aromatic N) is 3. The first kappa shape index (κ1) is 22.7. The van der Waals surface area contributed by atoms with Crippen LogP contribution < -0.4 is 4.90 Å². The van der Waals surface area contributed by atoms with Gasteiger partial charge in [-0.1, -0.05) is 41.4 Å². The second kappa shape index (κ2) is 9.63. The van der Waals surface area contributed by atoms with E-state index in [2.05, 4.69) is 47.4 Å². The number of fused-ring (bicyclic) bond motifs is 2. The number of halogens is 1. The van der Waals surface area contributed by atoms with Crippen LogP contribution in [0.1, 0.15) is 40.8 Å². The predicted octanol–water partition coefficient (Wildman–Crippen LogP) is 5.57. The van der Waals surface area contributed by atoms with E-state index in [1.54, 1.807) is 0 Å². The van der Waals surface area contributed by atoms with Gasteiger partial charge in [0.1, 0.15) is 0 Å². The van der Waals surface area contributed by atoms with E-state index in [0.29, 0.717) is 6.42 Å². The number of rotatable bonds is 3. The van der Waals surface area contributed by atoms with Crippen molar-refractivity contribution in [3.8, 4) is 0 Å². The number of pyridine rings is 1. The number of anilines is 1. The number of carbonyl (C=O) groups is 1. The second-order valence-electron chi connectivity index (χ2n) is 9.41. The summed E-state index contributed by atoms with van der Waals surface area (Å²) in [6.45, 7) is 1.50. The number of carbonyl (C=O) groups excluding carboxylic acids is 1. The molecule has 0 N–H and O–H groups in total. The van der Waals surface area contributed by atoms with Crippen LogP contribution in [0, 0.1) is 0 Å². The lowest BCUT2D eigenvalue weighted by Crippen LogP contribution is -2.37. The molecule has 1 aliphatic carbocycles. The van der Waals surface area contributed by atoms with Crippen LogP contribution in [0.4, 0.5) is 5.69 Å². The molecular formula is C29H30ClN3O. The van der Waals surface area contributed by atoms with E-state index in [4.69, 9.17) is 16.6 Å². The Morgan fingerprint density at radius 3 is 2.44 bits per heavy atom. The van der Waals surface area contributed by atoms with Crippen molar-refractivity contribution in [2.24, 2.45) is 0 Å². The quantitative estimate of drug-likeness (QED) is 0.501. The van der Waals surface area contributed by atoms with E-state index >= 15 is 0 Å². The molecule has 34 heavy (non-hydrogen) atoms. The SMILES string of the molecule is CN(C)c1ccc(CC(=O)N2CCC(=C3c4ccc(Cl)cc4CCc4cccnc43)CC2)cc1. The number of hydrogen-bond donors (Lipinski definition) is 0. The van der Waals surface area contributed by atoms with Crippen molar-refractivity contribution in [2.75, 3.05) is 32.1 Å². The molecule has 2 aromatic carbocycles. The molecule has 1 amide bonds. The fourth-order valence-corrected chi connectivity index (χ4v) is 5.30. The van der Waals surface area contributed by atoms with Gasteiger partial charge in [0.15, 0.2) is 0 Å². The maximum atomic E-state index is 13.0. The smallest absolute Gasteiger partial charge is 0.227 e. The summed E-state index contributed by atoms with van der Waals surface area (Å²) in [6, 6.07) is 18.7. The topological polar surface area (TPSA) is 36.4 Å². The molecule has 0 saturated carbocycles. The maximum Gasteiger partial charge on any atom is 0.227 e. The zero-order valence-electron chi connectivity index (χ0n) is 19.9. The van der Waals surface area contributed by atoms with E-state index in [-0.39, 0.29) is 5.91 Å². The molecule has 2 heterocycles. The second-order valence-corrected chi connectivity index (χ2v) is 9.85. The van der Waals surface area contributed by atoms with E-state index in [1.165, 1.54) is 27.8 Å². The molecule has 1 fully saturated rings. The molecule has 1 saturated heterocycles.